The molecule has 8 heteroatoms. The van der Waals surface area contributed by atoms with Crippen molar-refractivity contribution in [3.05, 3.63) is 17.6 Å². The van der Waals surface area contributed by atoms with Crippen LogP contribution < -0.4 is 4.72 Å². The number of nitrogens with one attached hydrogen (secondary N) is 1. The summed E-state index contributed by atoms with van der Waals surface area (Å²) in [5.41, 5.74) is 0. The fourth-order valence-electron chi connectivity index (χ4n) is 1.35. The van der Waals surface area contributed by atoms with Gasteiger partial charge in [0.05, 0.1) is 6.10 Å². The smallest absolute Gasteiger partial charge is 0.371 e. The van der Waals surface area contributed by atoms with E-state index in [-0.39, 0.29) is 23.1 Å². The number of sulfonamides is 1. The second-order valence-electron chi connectivity index (χ2n) is 4.50. The Morgan fingerprint density at radius 1 is 1.47 bits per heavy atom. The molecule has 0 aliphatic carbocycles. The van der Waals surface area contributed by atoms with Crippen molar-refractivity contribution in [3.8, 4) is 0 Å². The number of carboxylic acid groups (broad SMARTS) is 1. The van der Waals surface area contributed by atoms with E-state index < -0.39 is 27.9 Å². The van der Waals surface area contributed by atoms with Crippen LogP contribution in [0.1, 0.15) is 30.2 Å². The van der Waals surface area contributed by atoms with Crippen molar-refractivity contribution in [3.63, 3.8) is 0 Å². The second kappa shape index (κ2) is 5.72. The summed E-state index contributed by atoms with van der Waals surface area (Å²) in [5, 5.41) is 18.3. The van der Waals surface area contributed by atoms with Gasteiger partial charge in [0.1, 0.15) is 10.7 Å². The third kappa shape index (κ3) is 3.79. The molecule has 1 unspecified atom stereocenters. The van der Waals surface area contributed by atoms with Crippen molar-refractivity contribution in [2.45, 2.75) is 31.8 Å². The summed E-state index contributed by atoms with van der Waals surface area (Å²) in [6.07, 6.45) is -0.819. The maximum Gasteiger partial charge on any atom is 0.371 e. The van der Waals surface area contributed by atoms with Crippen molar-refractivity contribution >= 4 is 16.0 Å². The molecule has 0 aromatic carbocycles. The number of furan rings is 1. The Labute approximate surface area is 111 Å². The van der Waals surface area contributed by atoms with Gasteiger partial charge in [-0.2, -0.15) is 0 Å². The van der Waals surface area contributed by atoms with Crippen molar-refractivity contribution < 1.29 is 27.8 Å². The molecule has 0 radical (unpaired) electrons. The van der Waals surface area contributed by atoms with Crippen LogP contribution >= 0.6 is 0 Å². The number of aliphatic hydroxyl groups is 1. The van der Waals surface area contributed by atoms with E-state index in [1.54, 1.807) is 13.8 Å². The highest BCUT2D eigenvalue weighted by Gasteiger charge is 2.24. The lowest BCUT2D eigenvalue weighted by Gasteiger charge is -2.14. The third-order valence-corrected chi connectivity index (χ3v) is 4.16. The first kappa shape index (κ1) is 15.7. The molecule has 1 atom stereocenters. The molecule has 19 heavy (non-hydrogen) atoms. The quantitative estimate of drug-likeness (QED) is 0.706. The monoisotopic (exact) mass is 291 g/mol. The van der Waals surface area contributed by atoms with E-state index in [9.17, 15) is 18.3 Å². The number of aryl methyl sites for hydroxylation is 1. The van der Waals surface area contributed by atoms with Crippen LogP contribution in [0.25, 0.3) is 0 Å². The minimum absolute atomic E-state index is 0.0102. The number of aromatic carboxylic acids is 1. The summed E-state index contributed by atoms with van der Waals surface area (Å²) < 4.78 is 30.9. The van der Waals surface area contributed by atoms with Crippen LogP contribution in [-0.2, 0) is 10.0 Å². The molecule has 0 aliphatic heterocycles. The summed E-state index contributed by atoms with van der Waals surface area (Å²) in [5.74, 6) is -1.89. The molecule has 7 nitrogen and oxygen atoms in total. The van der Waals surface area contributed by atoms with Gasteiger partial charge in [-0.3, -0.25) is 0 Å². The van der Waals surface area contributed by atoms with Crippen LogP contribution in [0.4, 0.5) is 0 Å². The molecule has 1 aromatic heterocycles. The summed E-state index contributed by atoms with van der Waals surface area (Å²) in [4.78, 5) is 10.5. The zero-order valence-corrected chi connectivity index (χ0v) is 11.7. The molecule has 0 amide bonds. The maximum absolute atomic E-state index is 11.9. The standard InChI is InChI=1S/C11H17NO6S/c1-6(2)8(13)5-12-19(16,17)10-4-9(11(14)15)18-7(10)3/h4,6,8,12-13H,5H2,1-3H3,(H,14,15). The van der Waals surface area contributed by atoms with E-state index in [4.69, 9.17) is 9.52 Å². The molecule has 0 saturated carbocycles. The summed E-state index contributed by atoms with van der Waals surface area (Å²) >= 11 is 0. The van der Waals surface area contributed by atoms with E-state index in [2.05, 4.69) is 4.72 Å². The molecule has 1 heterocycles. The minimum atomic E-state index is -3.90. The predicted molar refractivity (Wildman–Crippen MR) is 66.4 cm³/mol. The zero-order valence-electron chi connectivity index (χ0n) is 10.9. The van der Waals surface area contributed by atoms with Gasteiger partial charge in [0.15, 0.2) is 0 Å². The molecule has 3 N–H and O–H groups in total. The predicted octanol–water partition coefficient (Wildman–Crippen LogP) is 0.581. The zero-order chi connectivity index (χ0) is 14.8. The normalized spacial score (nSPS) is 13.7. The van der Waals surface area contributed by atoms with Gasteiger partial charge in [0.25, 0.3) is 0 Å². The Morgan fingerprint density at radius 3 is 2.47 bits per heavy atom. The first-order valence-electron chi connectivity index (χ1n) is 5.66. The van der Waals surface area contributed by atoms with Gasteiger partial charge in [0, 0.05) is 12.6 Å². The number of aliphatic hydroxyl groups excluding tert-OH is 1. The Kier molecular flexibility index (Phi) is 4.72. The number of carbonyl (C=O) groups is 1. The highest BCUT2D eigenvalue weighted by Crippen LogP contribution is 2.20. The van der Waals surface area contributed by atoms with Crippen LogP contribution in [0.3, 0.4) is 0 Å². The van der Waals surface area contributed by atoms with Crippen LogP contribution in [0.5, 0.6) is 0 Å². The molecule has 108 valence electrons. The average Bonchev–Trinajstić information content (AvgIpc) is 2.69. The Balaban J connectivity index is 2.92. The van der Waals surface area contributed by atoms with Gasteiger partial charge < -0.3 is 14.6 Å². The van der Waals surface area contributed by atoms with E-state index in [0.29, 0.717) is 0 Å². The van der Waals surface area contributed by atoms with Crippen LogP contribution in [-0.4, -0.2) is 37.2 Å². The van der Waals surface area contributed by atoms with Gasteiger partial charge in [-0.05, 0) is 12.8 Å². The number of carboxylic acids is 1. The lowest BCUT2D eigenvalue weighted by atomic mass is 10.1. The second-order valence-corrected chi connectivity index (χ2v) is 6.23. The average molecular weight is 291 g/mol. The summed E-state index contributed by atoms with van der Waals surface area (Å²) in [6, 6.07) is 0.946. The first-order chi connectivity index (χ1) is 8.65. The minimum Gasteiger partial charge on any atom is -0.475 e. The van der Waals surface area contributed by atoms with Gasteiger partial charge in [-0.15, -0.1) is 0 Å². The van der Waals surface area contributed by atoms with Gasteiger partial charge in [-0.1, -0.05) is 13.8 Å². The fraction of sp³-hybridized carbons (Fsp3) is 0.545. The molecule has 0 fully saturated rings. The van der Waals surface area contributed by atoms with Crippen LogP contribution in [0, 0.1) is 12.8 Å². The number of hydrogen-bond donors (Lipinski definition) is 3. The van der Waals surface area contributed by atoms with Gasteiger partial charge in [0.2, 0.25) is 15.8 Å². The molecule has 0 aliphatic rings. The van der Waals surface area contributed by atoms with E-state index in [1.165, 1.54) is 6.92 Å². The summed E-state index contributed by atoms with van der Waals surface area (Å²) in [6.45, 7) is 4.72. The molecule has 1 aromatic rings. The van der Waals surface area contributed by atoms with Gasteiger partial charge >= 0.3 is 5.97 Å². The third-order valence-electron chi connectivity index (χ3n) is 2.62. The topological polar surface area (TPSA) is 117 Å². The molecule has 1 rings (SSSR count). The maximum atomic E-state index is 11.9. The lowest BCUT2D eigenvalue weighted by molar-refractivity contribution is 0.0661. The molecular weight excluding hydrogens is 274 g/mol. The SMILES string of the molecule is Cc1oc(C(=O)O)cc1S(=O)(=O)NCC(O)C(C)C. The Hall–Kier alpha value is -1.38. The molecular formula is C11H17NO6S. The number of hydrogen-bond acceptors (Lipinski definition) is 5. The van der Waals surface area contributed by atoms with Crippen molar-refractivity contribution in [2.24, 2.45) is 5.92 Å². The Bertz CT molecular complexity index is 560. The number of rotatable bonds is 6. The van der Waals surface area contributed by atoms with E-state index in [1.807, 2.05) is 0 Å². The van der Waals surface area contributed by atoms with E-state index >= 15 is 0 Å². The van der Waals surface area contributed by atoms with Crippen LogP contribution in [0.15, 0.2) is 15.4 Å². The van der Waals surface area contributed by atoms with Crippen molar-refractivity contribution in [1.29, 1.82) is 0 Å². The molecule has 0 spiro atoms. The molecule has 0 saturated heterocycles. The highest BCUT2D eigenvalue weighted by atomic mass is 32.2. The summed E-state index contributed by atoms with van der Waals surface area (Å²) in [7, 11) is -3.90. The van der Waals surface area contributed by atoms with Gasteiger partial charge in [-0.25, -0.2) is 17.9 Å². The first-order valence-corrected chi connectivity index (χ1v) is 7.15. The van der Waals surface area contributed by atoms with Crippen molar-refractivity contribution in [1.82, 2.24) is 4.72 Å². The highest BCUT2D eigenvalue weighted by molar-refractivity contribution is 7.89. The Morgan fingerprint density at radius 2 is 2.05 bits per heavy atom. The largest absolute Gasteiger partial charge is 0.475 e. The van der Waals surface area contributed by atoms with E-state index in [0.717, 1.165) is 6.07 Å². The van der Waals surface area contributed by atoms with Crippen LogP contribution in [0.2, 0.25) is 0 Å². The fourth-order valence-corrected chi connectivity index (χ4v) is 2.57. The lowest BCUT2D eigenvalue weighted by Crippen LogP contribution is -2.34. The molecule has 0 bridgehead atoms. The van der Waals surface area contributed by atoms with Crippen molar-refractivity contribution in [2.75, 3.05) is 6.54 Å².